The second kappa shape index (κ2) is 10.0. The predicted octanol–water partition coefficient (Wildman–Crippen LogP) is 1.36. The third-order valence-corrected chi connectivity index (χ3v) is 6.23. The zero-order valence-electron chi connectivity index (χ0n) is 19.8. The molecule has 0 aromatic carbocycles. The molecular formula is C20H40NO9P. The molecule has 0 aromatic heterocycles. The molecule has 2 fully saturated rings. The van der Waals surface area contributed by atoms with E-state index in [0.717, 1.165) is 0 Å². The first-order valence-electron chi connectivity index (χ1n) is 10.7. The molecule has 0 bridgehead atoms. The van der Waals surface area contributed by atoms with Crippen LogP contribution in [0.1, 0.15) is 55.4 Å². The molecule has 0 amide bonds. The number of aliphatic hydroxyl groups is 2. The van der Waals surface area contributed by atoms with Crippen LogP contribution in [-0.2, 0) is 28.0 Å². The minimum atomic E-state index is -4.34. The fourth-order valence-electron chi connectivity index (χ4n) is 3.60. The van der Waals surface area contributed by atoms with E-state index in [1.807, 2.05) is 41.5 Å². The van der Waals surface area contributed by atoms with Gasteiger partial charge in [0.25, 0.3) is 0 Å². The first-order chi connectivity index (χ1) is 14.0. The molecule has 2 rings (SSSR count). The van der Waals surface area contributed by atoms with Gasteiger partial charge in [0.2, 0.25) is 0 Å². The molecular weight excluding hydrogens is 429 g/mol. The molecule has 2 aliphatic rings. The van der Waals surface area contributed by atoms with E-state index in [1.165, 1.54) is 0 Å². The molecule has 9 atom stereocenters. The molecule has 2 aliphatic heterocycles. The lowest BCUT2D eigenvalue weighted by molar-refractivity contribution is -0.118. The molecule has 0 spiro atoms. The Morgan fingerprint density at radius 3 is 2.00 bits per heavy atom. The number of aliphatic hydroxyl groups excluding tert-OH is 2. The van der Waals surface area contributed by atoms with Gasteiger partial charge >= 0.3 is 7.75 Å². The van der Waals surface area contributed by atoms with Crippen molar-refractivity contribution in [2.45, 2.75) is 115 Å². The van der Waals surface area contributed by atoms with Crippen LogP contribution in [0.2, 0.25) is 0 Å². The van der Waals surface area contributed by atoms with Crippen molar-refractivity contribution >= 4 is 7.75 Å². The van der Waals surface area contributed by atoms with Gasteiger partial charge in [-0.1, -0.05) is 0 Å². The standard InChI is InChI=1S/C20H40NO9P/c1-11-16(22)15(13(28-11)9-26-19(3,4)5)21-31(24,25)27-10-14-18(30-20(6,7)8)17(23)12(2)29-14/h11-18,22-23H,9-10H2,1-8H3,(H2,21,24,25)/t11-,12-,13+,14+,15?,16+,17+,18?/m0/s1. The van der Waals surface area contributed by atoms with Gasteiger partial charge in [0.1, 0.15) is 18.3 Å². The maximum Gasteiger partial charge on any atom is 0.403 e. The van der Waals surface area contributed by atoms with Crippen molar-refractivity contribution in [2.24, 2.45) is 0 Å². The summed E-state index contributed by atoms with van der Waals surface area (Å²) in [6.45, 7) is 14.5. The Hall–Kier alpha value is -0.130. The lowest BCUT2D eigenvalue weighted by Gasteiger charge is -2.30. The number of hydrogen-bond donors (Lipinski definition) is 4. The van der Waals surface area contributed by atoms with Gasteiger partial charge < -0.3 is 34.1 Å². The molecule has 4 N–H and O–H groups in total. The van der Waals surface area contributed by atoms with Gasteiger partial charge in [-0.2, -0.15) is 0 Å². The quantitative estimate of drug-likeness (QED) is 0.386. The van der Waals surface area contributed by atoms with Crippen LogP contribution < -0.4 is 5.09 Å². The fourth-order valence-corrected chi connectivity index (χ4v) is 4.72. The van der Waals surface area contributed by atoms with Gasteiger partial charge in [0.05, 0.1) is 54.9 Å². The van der Waals surface area contributed by atoms with Crippen molar-refractivity contribution in [1.29, 1.82) is 0 Å². The van der Waals surface area contributed by atoms with Crippen LogP contribution in [0.4, 0.5) is 0 Å². The minimum absolute atomic E-state index is 0.138. The first kappa shape index (κ1) is 27.1. The van der Waals surface area contributed by atoms with Crippen molar-refractivity contribution in [3.8, 4) is 0 Å². The molecule has 2 heterocycles. The second-order valence-electron chi connectivity index (χ2n) is 10.3. The third-order valence-electron chi connectivity index (χ3n) is 5.11. The van der Waals surface area contributed by atoms with Crippen molar-refractivity contribution in [3.05, 3.63) is 0 Å². The summed E-state index contributed by atoms with van der Waals surface area (Å²) in [6.07, 6.45) is -5.00. The number of nitrogens with one attached hydrogen (secondary N) is 1. The van der Waals surface area contributed by atoms with Gasteiger partial charge in [-0.25, -0.2) is 9.65 Å². The van der Waals surface area contributed by atoms with Crippen LogP contribution in [0, 0.1) is 0 Å². The fraction of sp³-hybridized carbons (Fsp3) is 1.00. The van der Waals surface area contributed by atoms with Gasteiger partial charge in [-0.05, 0) is 55.4 Å². The van der Waals surface area contributed by atoms with E-state index >= 15 is 0 Å². The van der Waals surface area contributed by atoms with Crippen molar-refractivity contribution in [2.75, 3.05) is 13.2 Å². The zero-order chi connectivity index (χ0) is 23.8. The van der Waals surface area contributed by atoms with Crippen LogP contribution in [0.25, 0.3) is 0 Å². The molecule has 184 valence electrons. The zero-order valence-corrected chi connectivity index (χ0v) is 20.7. The summed E-state index contributed by atoms with van der Waals surface area (Å²) in [5.41, 5.74) is -0.969. The predicted molar refractivity (Wildman–Crippen MR) is 114 cm³/mol. The topological polar surface area (TPSA) is 136 Å². The molecule has 31 heavy (non-hydrogen) atoms. The molecule has 0 saturated carbocycles. The highest BCUT2D eigenvalue weighted by atomic mass is 31.2. The van der Waals surface area contributed by atoms with E-state index in [-0.39, 0.29) is 13.2 Å². The van der Waals surface area contributed by atoms with Crippen LogP contribution in [-0.4, -0.2) is 88.3 Å². The van der Waals surface area contributed by atoms with Crippen molar-refractivity contribution in [3.63, 3.8) is 0 Å². The van der Waals surface area contributed by atoms with E-state index in [1.54, 1.807) is 13.8 Å². The molecule has 11 heteroatoms. The lowest BCUT2D eigenvalue weighted by Crippen LogP contribution is -2.46. The summed E-state index contributed by atoms with van der Waals surface area (Å²) in [5.74, 6) is 0. The summed E-state index contributed by atoms with van der Waals surface area (Å²) in [6, 6.07) is -0.858. The number of ether oxygens (including phenoxy) is 4. The number of hydrogen-bond acceptors (Lipinski definition) is 8. The lowest BCUT2D eigenvalue weighted by atomic mass is 10.1. The molecule has 2 saturated heterocycles. The maximum atomic E-state index is 12.7. The van der Waals surface area contributed by atoms with Crippen molar-refractivity contribution in [1.82, 2.24) is 5.09 Å². The Kier molecular flexibility index (Phi) is 8.76. The van der Waals surface area contributed by atoms with Crippen LogP contribution in [0.15, 0.2) is 0 Å². The highest BCUT2D eigenvalue weighted by Gasteiger charge is 2.47. The van der Waals surface area contributed by atoms with Crippen LogP contribution in [0.3, 0.4) is 0 Å². The van der Waals surface area contributed by atoms with E-state index < -0.39 is 67.7 Å². The van der Waals surface area contributed by atoms with E-state index in [9.17, 15) is 19.7 Å². The average molecular weight is 470 g/mol. The average Bonchev–Trinajstić information content (AvgIpc) is 3.01. The molecule has 10 nitrogen and oxygen atoms in total. The molecule has 0 aliphatic carbocycles. The summed E-state index contributed by atoms with van der Waals surface area (Å²) in [4.78, 5) is 10.4. The highest BCUT2D eigenvalue weighted by Crippen LogP contribution is 2.41. The Morgan fingerprint density at radius 2 is 1.45 bits per heavy atom. The molecule has 0 aromatic rings. The summed E-state index contributed by atoms with van der Waals surface area (Å²) in [7, 11) is -4.34. The van der Waals surface area contributed by atoms with Gasteiger partial charge in [0, 0.05) is 0 Å². The molecule has 3 unspecified atom stereocenters. The summed E-state index contributed by atoms with van der Waals surface area (Å²) < 4.78 is 41.0. The Balaban J connectivity index is 2.00. The Morgan fingerprint density at radius 1 is 0.903 bits per heavy atom. The minimum Gasteiger partial charge on any atom is -0.389 e. The number of rotatable bonds is 8. The van der Waals surface area contributed by atoms with Gasteiger partial charge in [-0.15, -0.1) is 0 Å². The second-order valence-corrected chi connectivity index (χ2v) is 11.9. The van der Waals surface area contributed by atoms with Gasteiger partial charge in [0.15, 0.2) is 0 Å². The Bertz CT molecular complexity index is 635. The SMILES string of the molecule is C[C@@H]1O[C@H](COC(C)(C)C)C(NP(=O)(O)OC[C@H]2O[C@@H](C)[C@@H](O)C2OC(C)(C)C)[C@@H]1O. The first-order valence-corrected chi connectivity index (χ1v) is 12.3. The monoisotopic (exact) mass is 469 g/mol. The van der Waals surface area contributed by atoms with Crippen molar-refractivity contribution < 1.29 is 43.1 Å². The molecule has 0 radical (unpaired) electrons. The van der Waals surface area contributed by atoms with Crippen LogP contribution >= 0.6 is 7.75 Å². The van der Waals surface area contributed by atoms with E-state index in [0.29, 0.717) is 0 Å². The summed E-state index contributed by atoms with van der Waals surface area (Å²) >= 11 is 0. The normalized spacial score (nSPS) is 39.1. The van der Waals surface area contributed by atoms with Crippen LogP contribution in [0.5, 0.6) is 0 Å². The third kappa shape index (κ3) is 7.99. The largest absolute Gasteiger partial charge is 0.403 e. The smallest absolute Gasteiger partial charge is 0.389 e. The summed E-state index contributed by atoms with van der Waals surface area (Å²) in [5, 5.41) is 23.3. The maximum absolute atomic E-state index is 12.7. The Labute approximate surface area is 185 Å². The van der Waals surface area contributed by atoms with E-state index in [4.69, 9.17) is 23.5 Å². The highest BCUT2D eigenvalue weighted by molar-refractivity contribution is 7.50. The van der Waals surface area contributed by atoms with E-state index in [2.05, 4.69) is 5.09 Å². The van der Waals surface area contributed by atoms with Gasteiger partial charge in [-0.3, -0.25) is 4.52 Å².